The SMILES string of the molecule is C[N+]1=C=[N+](c2[c-]c(C3(c4cc[n-]n4)c4cnccc4-c4ccncc43)ccc2)c2ccccc21.C[N+]1=C=[N+](c2[c-]c(C3(c4cc[n-]n4)c4cnccc4-c4ccncc43)ccc2)c2ccccc21.[Pt+2].[Pt+2]. The Hall–Kier alpha value is -7.96. The molecule has 0 spiro atoms. The molecule has 14 rings (SSSR count). The molecule has 70 heavy (non-hydrogen) atoms. The normalized spacial score (nSPS) is 14.3. The van der Waals surface area contributed by atoms with Gasteiger partial charge in [-0.2, -0.15) is 36.7 Å². The van der Waals surface area contributed by atoms with Crippen LogP contribution in [0.5, 0.6) is 0 Å². The van der Waals surface area contributed by atoms with Gasteiger partial charge in [-0.1, -0.05) is 66.8 Å². The van der Waals surface area contributed by atoms with Crippen LogP contribution >= 0.6 is 0 Å². The molecule has 10 aromatic rings. The van der Waals surface area contributed by atoms with E-state index >= 15 is 0 Å². The standard InChI is InChI=1S/2C28H18N6.2Pt/c2*1-33-18-34(26-8-3-2-7-25(26)33)20-6-4-5-19(15-20)28(27-11-14-31-32-27)23-16-29-12-9-21(23)22-10-13-30-17-24(22)28;;/h2*2-14,16-17H,1H3;;/q;;2*+2. The minimum Gasteiger partial charge on any atom is -0.581 e. The van der Waals surface area contributed by atoms with E-state index in [1.807, 2.05) is 118 Å². The molecule has 12 nitrogen and oxygen atoms in total. The first-order valence-electron chi connectivity index (χ1n) is 22.1. The number of pyridine rings is 4. The minimum atomic E-state index is -0.717. The third kappa shape index (κ3) is 6.46. The Labute approximate surface area is 431 Å². The van der Waals surface area contributed by atoms with Crippen LogP contribution in [0.1, 0.15) is 44.8 Å². The molecule has 0 unspecified atom stereocenters. The zero-order valence-electron chi connectivity index (χ0n) is 37.3. The summed E-state index contributed by atoms with van der Waals surface area (Å²) in [6.07, 6.45) is 18.5. The first-order valence-corrected chi connectivity index (χ1v) is 22.1. The van der Waals surface area contributed by atoms with Gasteiger partial charge in [0.1, 0.15) is 11.4 Å². The van der Waals surface area contributed by atoms with Gasteiger partial charge in [-0.05, 0) is 68.8 Å². The van der Waals surface area contributed by atoms with Gasteiger partial charge in [0.05, 0.1) is 10.8 Å². The summed E-state index contributed by atoms with van der Waals surface area (Å²) < 4.78 is 8.10. The van der Waals surface area contributed by atoms with E-state index in [2.05, 4.69) is 149 Å². The van der Waals surface area contributed by atoms with Gasteiger partial charge in [-0.15, -0.1) is 23.3 Å². The molecule has 336 valence electrons. The zero-order chi connectivity index (χ0) is 45.4. The van der Waals surface area contributed by atoms with E-state index in [0.717, 1.165) is 101 Å². The van der Waals surface area contributed by atoms with Crippen LogP contribution in [-0.2, 0) is 53.0 Å². The van der Waals surface area contributed by atoms with Crippen molar-refractivity contribution in [1.82, 2.24) is 49.5 Å². The summed E-state index contributed by atoms with van der Waals surface area (Å²) in [6.45, 7) is 0. The second kappa shape index (κ2) is 17.5. The number of aromatic nitrogens is 8. The molecular formula is C56H36N12Pt2+4. The van der Waals surface area contributed by atoms with Gasteiger partial charge >= 0.3 is 54.1 Å². The zero-order valence-corrected chi connectivity index (χ0v) is 41.9. The van der Waals surface area contributed by atoms with E-state index in [0.29, 0.717) is 0 Å². The molecule has 0 bridgehead atoms. The van der Waals surface area contributed by atoms with Crippen LogP contribution in [0, 0.1) is 12.1 Å². The largest absolute Gasteiger partial charge is 2.00 e. The number of benzene rings is 4. The summed E-state index contributed by atoms with van der Waals surface area (Å²) in [5.41, 5.74) is 17.0. The van der Waals surface area contributed by atoms with E-state index in [-0.39, 0.29) is 42.1 Å². The number of fused-ring (bicyclic) bond motifs is 8. The monoisotopic (exact) mass is 1270 g/mol. The molecule has 0 radical (unpaired) electrons. The smallest absolute Gasteiger partial charge is 0.581 e. The van der Waals surface area contributed by atoms with Gasteiger partial charge in [0.15, 0.2) is 14.1 Å². The van der Waals surface area contributed by atoms with Crippen molar-refractivity contribution in [3.8, 4) is 22.3 Å². The fraction of sp³-hybridized carbons (Fsp3) is 0.0714. The van der Waals surface area contributed by atoms with E-state index in [9.17, 15) is 0 Å². The fourth-order valence-corrected chi connectivity index (χ4v) is 10.6. The summed E-state index contributed by atoms with van der Waals surface area (Å²) >= 11 is 0. The minimum absolute atomic E-state index is 0. The number of hydrogen-bond acceptors (Lipinski definition) is 6. The number of hydrogen-bond donors (Lipinski definition) is 0. The third-order valence-electron chi connectivity index (χ3n) is 13.5. The van der Waals surface area contributed by atoms with Crippen molar-refractivity contribution in [2.45, 2.75) is 10.8 Å². The molecule has 2 aliphatic heterocycles. The molecule has 14 heteroatoms. The first kappa shape index (κ1) is 44.5. The Balaban J connectivity index is 0.000000148. The molecule has 0 N–H and O–H groups in total. The van der Waals surface area contributed by atoms with Gasteiger partial charge < -0.3 is 20.4 Å². The maximum absolute atomic E-state index is 4.56. The number of nitrogens with zero attached hydrogens (tertiary/aromatic N) is 12. The Kier molecular flexibility index (Phi) is 11.2. The van der Waals surface area contributed by atoms with Crippen LogP contribution < -0.4 is 19.3 Å². The molecular weight excluding hydrogens is 1230 g/mol. The van der Waals surface area contributed by atoms with E-state index < -0.39 is 10.8 Å². The van der Waals surface area contributed by atoms with Crippen LogP contribution in [0.25, 0.3) is 22.3 Å². The van der Waals surface area contributed by atoms with Crippen molar-refractivity contribution in [2.24, 2.45) is 0 Å². The summed E-state index contributed by atoms with van der Waals surface area (Å²) in [7, 11) is 4.01. The van der Waals surface area contributed by atoms with Crippen molar-refractivity contribution in [3.05, 3.63) is 240 Å². The van der Waals surface area contributed by atoms with E-state index in [4.69, 9.17) is 0 Å². The maximum atomic E-state index is 4.56. The van der Waals surface area contributed by atoms with Gasteiger partial charge in [-0.3, -0.25) is 19.9 Å². The fourth-order valence-electron chi connectivity index (χ4n) is 10.6. The molecule has 8 heterocycles. The van der Waals surface area contributed by atoms with E-state index in [1.165, 1.54) is 0 Å². The third-order valence-corrected chi connectivity index (χ3v) is 13.5. The van der Waals surface area contributed by atoms with Crippen LogP contribution in [-0.4, -0.2) is 65.4 Å². The number of para-hydroxylation sites is 4. The Morgan fingerprint density at radius 1 is 0.429 bits per heavy atom. The topological polar surface area (TPSA) is 118 Å². The molecule has 4 aliphatic rings. The second-order valence-corrected chi connectivity index (χ2v) is 16.9. The van der Waals surface area contributed by atoms with Crippen LogP contribution in [0.15, 0.2) is 183 Å². The van der Waals surface area contributed by atoms with Crippen LogP contribution in [0.3, 0.4) is 0 Å². The van der Waals surface area contributed by atoms with Crippen molar-refractivity contribution in [2.75, 3.05) is 14.1 Å². The van der Waals surface area contributed by atoms with Gasteiger partial charge in [0.25, 0.3) is 22.7 Å². The van der Waals surface area contributed by atoms with Crippen molar-refractivity contribution >= 4 is 46.1 Å². The first-order chi connectivity index (χ1) is 33.6. The quantitative estimate of drug-likeness (QED) is 0.120. The van der Waals surface area contributed by atoms with Gasteiger partial charge in [0.2, 0.25) is 0 Å². The van der Waals surface area contributed by atoms with Crippen molar-refractivity contribution < 1.29 is 51.3 Å². The average molecular weight is 1270 g/mol. The predicted molar refractivity (Wildman–Crippen MR) is 256 cm³/mol. The van der Waals surface area contributed by atoms with Gasteiger partial charge in [0, 0.05) is 85.2 Å². The van der Waals surface area contributed by atoms with Crippen molar-refractivity contribution in [1.29, 1.82) is 0 Å². The molecule has 0 saturated heterocycles. The predicted octanol–water partition coefficient (Wildman–Crippen LogP) is 8.57. The Morgan fingerprint density at radius 2 is 0.786 bits per heavy atom. The van der Waals surface area contributed by atoms with Crippen LogP contribution in [0.2, 0.25) is 0 Å². The molecule has 0 saturated carbocycles. The molecule has 4 aromatic carbocycles. The van der Waals surface area contributed by atoms with Crippen molar-refractivity contribution in [3.63, 3.8) is 0 Å². The maximum Gasteiger partial charge on any atom is 2.00 e. The molecule has 0 fully saturated rings. The second-order valence-electron chi connectivity index (χ2n) is 16.9. The number of rotatable bonds is 6. The Morgan fingerprint density at radius 3 is 1.13 bits per heavy atom. The molecule has 2 aliphatic carbocycles. The summed E-state index contributed by atoms with van der Waals surface area (Å²) in [6, 6.07) is 55.4. The summed E-state index contributed by atoms with van der Waals surface area (Å²) in [5, 5.41) is 17.5. The molecule has 0 amide bonds. The molecule has 6 aromatic heterocycles. The van der Waals surface area contributed by atoms with E-state index in [1.54, 1.807) is 12.4 Å². The van der Waals surface area contributed by atoms with Crippen LogP contribution in [0.4, 0.5) is 34.1 Å². The summed E-state index contributed by atoms with van der Waals surface area (Å²) in [4.78, 5) is 18.0. The summed E-state index contributed by atoms with van der Waals surface area (Å²) in [5.74, 6) is 0. The molecule has 0 atom stereocenters. The Bertz CT molecular complexity index is 3490. The van der Waals surface area contributed by atoms with Gasteiger partial charge in [-0.25, -0.2) is 0 Å². The average Bonchev–Trinajstić information content (AvgIpc) is 4.28.